The molecule has 0 radical (unpaired) electrons. The minimum atomic E-state index is -5.16. The lowest BCUT2D eigenvalue weighted by Gasteiger charge is -2.41. The number of rotatable bonds is 37. The molecule has 3 unspecified atom stereocenters. The smallest absolute Gasteiger partial charge is 0.462 e. The molecule has 0 aromatic rings. The largest absolute Gasteiger partial charge is 0.472 e. The maximum absolute atomic E-state index is 12.8. The zero-order valence-corrected chi connectivity index (χ0v) is 39.3. The molecule has 15 heteroatoms. The molecule has 1 rings (SSSR count). The van der Waals surface area contributed by atoms with E-state index < -0.39 is 75.7 Å². The summed E-state index contributed by atoms with van der Waals surface area (Å²) >= 11 is 0. The van der Waals surface area contributed by atoms with Gasteiger partial charge in [0.2, 0.25) is 0 Å². The van der Waals surface area contributed by atoms with Crippen molar-refractivity contribution in [2.24, 2.45) is 0 Å². The number of phosphoric ester groups is 1. The number of esters is 2. The van der Waals surface area contributed by atoms with Crippen LogP contribution < -0.4 is 0 Å². The minimum Gasteiger partial charge on any atom is -0.462 e. The molecule has 0 aromatic carbocycles. The Balaban J connectivity index is 2.55. The van der Waals surface area contributed by atoms with Gasteiger partial charge >= 0.3 is 19.8 Å². The molecule has 1 saturated carbocycles. The zero-order valence-electron chi connectivity index (χ0n) is 38.4. The molecule has 0 aromatic heterocycles. The SMILES string of the molecule is CCCCCCCC/C=C\C/C=C\C/C=C\CCCC(=O)OC[C@H](COP(=O)(O)OC1[C@H](O)[C@H](O)C(O)[C@H](O)[C@H]1O)OC(=O)CCC/C=C\C/C=C\C/C=C\C/C=C\CC[C@H](O)CC. The summed E-state index contributed by atoms with van der Waals surface area (Å²) in [5, 5.41) is 59.7. The normalized spacial score (nSPS) is 22.8. The van der Waals surface area contributed by atoms with Crippen LogP contribution in [0.1, 0.15) is 149 Å². The highest BCUT2D eigenvalue weighted by Crippen LogP contribution is 2.47. The van der Waals surface area contributed by atoms with Crippen LogP contribution in [0.15, 0.2) is 85.1 Å². The van der Waals surface area contributed by atoms with Gasteiger partial charge in [0.1, 0.15) is 43.2 Å². The lowest BCUT2D eigenvalue weighted by Crippen LogP contribution is -2.64. The van der Waals surface area contributed by atoms with E-state index in [1.807, 2.05) is 37.3 Å². The first-order valence-electron chi connectivity index (χ1n) is 23.5. The number of hydrogen-bond donors (Lipinski definition) is 7. The van der Waals surface area contributed by atoms with Crippen molar-refractivity contribution in [3.05, 3.63) is 85.1 Å². The highest BCUT2D eigenvalue weighted by Gasteiger charge is 2.51. The second-order valence-electron chi connectivity index (χ2n) is 16.0. The molecule has 14 nitrogen and oxygen atoms in total. The van der Waals surface area contributed by atoms with Gasteiger partial charge in [-0.2, -0.15) is 0 Å². The van der Waals surface area contributed by atoms with Crippen LogP contribution in [-0.4, -0.2) is 110 Å². The third-order valence-corrected chi connectivity index (χ3v) is 11.4. The fourth-order valence-electron chi connectivity index (χ4n) is 6.39. The van der Waals surface area contributed by atoms with Crippen LogP contribution >= 0.6 is 7.82 Å². The van der Waals surface area contributed by atoms with Crippen molar-refractivity contribution in [1.29, 1.82) is 0 Å². The Morgan fingerprint density at radius 1 is 0.547 bits per heavy atom. The first-order chi connectivity index (χ1) is 30.8. The average Bonchev–Trinajstić information content (AvgIpc) is 3.28. The molecular weight excluding hydrogens is 843 g/mol. The van der Waals surface area contributed by atoms with Gasteiger partial charge in [-0.3, -0.25) is 18.6 Å². The van der Waals surface area contributed by atoms with Gasteiger partial charge in [-0.05, 0) is 89.9 Å². The van der Waals surface area contributed by atoms with Crippen molar-refractivity contribution < 1.29 is 68.2 Å². The summed E-state index contributed by atoms with van der Waals surface area (Å²) in [6.45, 7) is 2.91. The maximum atomic E-state index is 12.8. The Kier molecular flexibility index (Phi) is 35.2. The molecular formula is C49H81O14P. The van der Waals surface area contributed by atoms with Crippen molar-refractivity contribution >= 4 is 19.8 Å². The Morgan fingerprint density at radius 2 is 0.969 bits per heavy atom. The van der Waals surface area contributed by atoms with E-state index in [0.717, 1.165) is 57.8 Å². The van der Waals surface area contributed by atoms with E-state index >= 15 is 0 Å². The van der Waals surface area contributed by atoms with Crippen molar-refractivity contribution in [1.82, 2.24) is 0 Å². The van der Waals surface area contributed by atoms with E-state index in [-0.39, 0.29) is 18.9 Å². The van der Waals surface area contributed by atoms with Crippen molar-refractivity contribution in [2.45, 2.75) is 198 Å². The predicted octanol–water partition coefficient (Wildman–Crippen LogP) is 8.25. The van der Waals surface area contributed by atoms with Gasteiger partial charge in [0, 0.05) is 12.8 Å². The molecule has 0 aliphatic heterocycles. The molecule has 0 heterocycles. The van der Waals surface area contributed by atoms with Crippen LogP contribution in [0.4, 0.5) is 0 Å². The summed E-state index contributed by atoms with van der Waals surface area (Å²) in [7, 11) is -5.16. The van der Waals surface area contributed by atoms with Crippen molar-refractivity contribution in [2.75, 3.05) is 13.2 Å². The van der Waals surface area contributed by atoms with Crippen LogP contribution in [-0.2, 0) is 32.7 Å². The standard InChI is InChI=1S/C49H81O14P/c1-3-5-6-7-8-9-10-11-12-13-14-18-21-24-27-30-33-36-42(51)60-38-41(39-61-64(58,59)63-49-47(56)45(54)44(53)46(55)48(49)57)62-43(52)37-34-31-28-25-22-19-16-15-17-20-23-26-29-32-35-40(50)4-2/h11-12,14,16-20,24-29,40-41,44-50,53-57H,3-10,13,15,21-23,30-39H2,1-2H3,(H,58,59)/b12-11-,18-14-,19-16-,20-17-,27-24-,28-25-,29-26-/t40-,41-,44?,45-,46+,47-,48-,49?/m1/s1. The molecule has 0 bridgehead atoms. The Hall–Kier alpha value is -3.01. The second-order valence-corrected chi connectivity index (χ2v) is 17.4. The van der Waals surface area contributed by atoms with Gasteiger partial charge in [0.25, 0.3) is 0 Å². The summed E-state index contributed by atoms with van der Waals surface area (Å²) in [4.78, 5) is 35.7. The molecule has 1 aliphatic rings. The minimum absolute atomic E-state index is 0.00756. The summed E-state index contributed by atoms with van der Waals surface area (Å²) < 4.78 is 33.4. The van der Waals surface area contributed by atoms with Crippen molar-refractivity contribution in [3.8, 4) is 0 Å². The van der Waals surface area contributed by atoms with Gasteiger partial charge in [-0.15, -0.1) is 0 Å². The van der Waals surface area contributed by atoms with E-state index in [1.54, 1.807) is 0 Å². The van der Waals surface area contributed by atoms with Crippen LogP contribution in [0, 0.1) is 0 Å². The molecule has 1 aliphatic carbocycles. The molecule has 0 spiro atoms. The maximum Gasteiger partial charge on any atom is 0.472 e. The molecule has 64 heavy (non-hydrogen) atoms. The number of allylic oxidation sites excluding steroid dienone is 14. The van der Waals surface area contributed by atoms with Crippen molar-refractivity contribution in [3.63, 3.8) is 0 Å². The van der Waals surface area contributed by atoms with Crippen LogP contribution in [0.25, 0.3) is 0 Å². The van der Waals surface area contributed by atoms with Crippen LogP contribution in [0.3, 0.4) is 0 Å². The molecule has 366 valence electrons. The Labute approximate surface area is 382 Å². The third kappa shape index (κ3) is 30.2. The fourth-order valence-corrected chi connectivity index (χ4v) is 7.36. The second kappa shape index (κ2) is 38.1. The summed E-state index contributed by atoms with van der Waals surface area (Å²) in [6.07, 6.45) is 33.0. The summed E-state index contributed by atoms with van der Waals surface area (Å²) in [5.41, 5.74) is 0. The molecule has 0 amide bonds. The van der Waals surface area contributed by atoms with E-state index in [0.29, 0.717) is 25.7 Å². The number of hydrogen-bond acceptors (Lipinski definition) is 13. The first kappa shape index (κ1) is 59.0. The molecule has 1 fully saturated rings. The van der Waals surface area contributed by atoms with Gasteiger partial charge in [0.15, 0.2) is 6.10 Å². The Morgan fingerprint density at radius 3 is 1.47 bits per heavy atom. The fraction of sp³-hybridized carbons (Fsp3) is 0.673. The molecule has 9 atom stereocenters. The quantitative estimate of drug-likeness (QED) is 0.0135. The zero-order chi connectivity index (χ0) is 47.3. The number of ether oxygens (including phenoxy) is 2. The number of phosphoric acid groups is 1. The first-order valence-corrected chi connectivity index (χ1v) is 25.0. The number of aliphatic hydroxyl groups is 6. The predicted molar refractivity (Wildman–Crippen MR) is 250 cm³/mol. The number of carbonyl (C=O) groups is 2. The molecule has 7 N–H and O–H groups in total. The highest BCUT2D eigenvalue weighted by atomic mass is 31.2. The number of aliphatic hydroxyl groups excluding tert-OH is 6. The lowest BCUT2D eigenvalue weighted by molar-refractivity contribution is -0.220. The number of carbonyl (C=O) groups excluding carboxylic acids is 2. The van der Waals surface area contributed by atoms with Gasteiger partial charge in [-0.1, -0.05) is 131 Å². The van der Waals surface area contributed by atoms with E-state index in [2.05, 4.69) is 61.6 Å². The third-order valence-electron chi connectivity index (χ3n) is 10.4. The summed E-state index contributed by atoms with van der Waals surface area (Å²) in [5.74, 6) is -1.25. The van der Waals surface area contributed by atoms with Gasteiger partial charge in [0.05, 0.1) is 12.7 Å². The van der Waals surface area contributed by atoms with Crippen LogP contribution in [0.2, 0.25) is 0 Å². The number of unbranched alkanes of at least 4 members (excludes halogenated alkanes) is 8. The van der Waals surface area contributed by atoms with Gasteiger partial charge in [-0.25, -0.2) is 4.57 Å². The Bertz CT molecular complexity index is 1460. The summed E-state index contributed by atoms with van der Waals surface area (Å²) in [6, 6.07) is 0. The monoisotopic (exact) mass is 925 g/mol. The average molecular weight is 925 g/mol. The van der Waals surface area contributed by atoms with E-state index in [1.165, 1.54) is 38.5 Å². The van der Waals surface area contributed by atoms with Gasteiger partial charge < -0.3 is 45.0 Å². The topological polar surface area (TPSA) is 230 Å². The lowest BCUT2D eigenvalue weighted by atomic mass is 9.85. The van der Waals surface area contributed by atoms with Crippen LogP contribution in [0.5, 0.6) is 0 Å². The molecule has 0 saturated heterocycles. The van der Waals surface area contributed by atoms with E-state index in [9.17, 15) is 49.7 Å². The van der Waals surface area contributed by atoms with E-state index in [4.69, 9.17) is 18.5 Å². The highest BCUT2D eigenvalue weighted by molar-refractivity contribution is 7.47.